The minimum absolute atomic E-state index is 0.00863. The van der Waals surface area contributed by atoms with Gasteiger partial charge in [-0.05, 0) is 168 Å². The highest BCUT2D eigenvalue weighted by atomic mass is 15.0. The lowest BCUT2D eigenvalue weighted by molar-refractivity contribution is 0.591. The van der Waals surface area contributed by atoms with Gasteiger partial charge in [0.15, 0.2) is 0 Å². The van der Waals surface area contributed by atoms with Gasteiger partial charge in [-0.15, -0.1) is 0 Å². The molecule has 15 aromatic carbocycles. The summed E-state index contributed by atoms with van der Waals surface area (Å²) in [5, 5.41) is 2.85. The molecular formula is C106H94N2. The van der Waals surface area contributed by atoms with Crippen molar-refractivity contribution in [3.05, 3.63) is 431 Å². The molecule has 0 atom stereocenters. The van der Waals surface area contributed by atoms with E-state index in [0.29, 0.717) is 38.6 Å². The van der Waals surface area contributed by atoms with Crippen molar-refractivity contribution in [1.29, 1.82) is 0 Å². The van der Waals surface area contributed by atoms with Gasteiger partial charge in [0.2, 0.25) is 0 Å². The summed E-state index contributed by atoms with van der Waals surface area (Å²) < 4.78 is 168. The van der Waals surface area contributed by atoms with Crippen LogP contribution in [0.4, 0.5) is 0 Å². The van der Waals surface area contributed by atoms with E-state index in [0.717, 1.165) is 94.3 Å². The first-order valence-electron chi connectivity index (χ1n) is 46.2. The SMILES string of the molecule is [2H]c1c([2H])c([2H])c(-c2ccc3c(c2)c2cc(-c4c([2H])c([2H])c([2H])c(C)c4[2H])ccc2n3-c2c(C(C)(C)c3ccccc3)cc(C(C)(C)c3ccccc3)cc2C(C)(C)c2ccccc2)c([2H])c1[2H].[2H]c1c([2H])c([2H])c(-c2ccc3c(c2)c2cc(-c4c([2H])c([2H])c([2H])c([2H])c4[2H])ccc2n3-c2cc(C(C)(C)c3ccccc3)cc(C(C)(C)c3ccccc3)c2)c([2H])c1[2H]. The normalized spacial score (nSPS) is 14.7. The average molecular weight is 1420 g/mol. The molecule has 17 rings (SSSR count). The Hall–Kier alpha value is -12.1. The molecular weight excluding hydrogens is 1300 g/mol. The predicted molar refractivity (Wildman–Crippen MR) is 461 cm³/mol. The first kappa shape index (κ1) is 51.2. The number of nitrogens with zero attached hydrogens (tertiary/aromatic N) is 2. The van der Waals surface area contributed by atoms with E-state index in [1.54, 1.807) is 19.1 Å². The van der Waals surface area contributed by atoms with Gasteiger partial charge in [-0.3, -0.25) is 0 Å². The standard InChI is InChI=1S/C58H53N.C48H41N/c1-40-21-20-24-42(35-40)44-32-34-54-50(37-44)49-36-43(41-22-12-8-13-23-41)31-33-53(49)59(54)55-51(57(4,5)46-27-16-10-17-28-46)38-48(56(2,3)45-25-14-9-15-26-45)39-52(55)58(6,7)47-29-18-11-19-30-47;1-47(2,38-21-13-7-14-22-38)40-31-41(48(3,4)39-23-15-8-16-24-39)33-42(32-40)49-45-27-25-36(34-17-9-5-10-18-34)29-43(45)44-30-37(26-28-46(44)49)35-19-11-6-12-20-35/h8-39H,1-7H3;5-33H,1-4H3/i8D,12D,13D,20D,21D,22D,23D,24D,35D;5D,6D,9D,10D,11D,12D,17D,18D,19D,20D. The highest BCUT2D eigenvalue weighted by Crippen LogP contribution is 2.50. The van der Waals surface area contributed by atoms with Gasteiger partial charge in [-0.25, -0.2) is 0 Å². The fourth-order valence-electron chi connectivity index (χ4n) is 15.7. The summed E-state index contributed by atoms with van der Waals surface area (Å²) in [7, 11) is 0. The van der Waals surface area contributed by atoms with Gasteiger partial charge in [0.25, 0.3) is 0 Å². The molecule has 528 valence electrons. The predicted octanol–water partition coefficient (Wildman–Crippen LogP) is 28.2. The molecule has 0 unspecified atom stereocenters. The number of fused-ring (bicyclic) bond motifs is 6. The average Bonchev–Trinajstić information content (AvgIpc) is 1.60. The molecule has 0 saturated heterocycles. The van der Waals surface area contributed by atoms with Crippen molar-refractivity contribution in [2.75, 3.05) is 0 Å². The highest BCUT2D eigenvalue weighted by Gasteiger charge is 2.38. The summed E-state index contributed by atoms with van der Waals surface area (Å²) in [5.74, 6) is 0. The molecule has 0 amide bonds. The van der Waals surface area contributed by atoms with E-state index in [1.165, 1.54) is 5.56 Å². The number of hydrogen-bond donors (Lipinski definition) is 0. The Morgan fingerprint density at radius 1 is 0.231 bits per heavy atom. The molecule has 2 nitrogen and oxygen atoms in total. The lowest BCUT2D eigenvalue weighted by Crippen LogP contribution is -2.30. The van der Waals surface area contributed by atoms with Crippen LogP contribution in [-0.4, -0.2) is 9.13 Å². The number of benzene rings is 15. The van der Waals surface area contributed by atoms with E-state index >= 15 is 0 Å². The Morgan fingerprint density at radius 3 is 0.833 bits per heavy atom. The molecule has 108 heavy (non-hydrogen) atoms. The summed E-state index contributed by atoms with van der Waals surface area (Å²) >= 11 is 0. The largest absolute Gasteiger partial charge is 0.309 e. The summed E-state index contributed by atoms with van der Waals surface area (Å²) in [6.45, 7) is 24.1. The molecule has 2 heterocycles. The zero-order valence-corrected chi connectivity index (χ0v) is 62.6. The lowest BCUT2D eigenvalue weighted by Gasteiger charge is -2.38. The Kier molecular flexibility index (Phi) is 13.4. The maximum atomic E-state index is 9.14. The minimum atomic E-state index is -0.586. The minimum Gasteiger partial charge on any atom is -0.309 e. The Balaban J connectivity index is 0.000000189. The van der Waals surface area contributed by atoms with Crippen LogP contribution < -0.4 is 0 Å². The van der Waals surface area contributed by atoms with Crippen LogP contribution in [-0.2, 0) is 27.1 Å². The zero-order chi connectivity index (χ0) is 91.1. The number of rotatable bonds is 16. The van der Waals surface area contributed by atoms with Crippen LogP contribution in [0, 0.1) is 6.92 Å². The number of hydrogen-bond acceptors (Lipinski definition) is 0. The second kappa shape index (κ2) is 28.3. The van der Waals surface area contributed by atoms with Crippen LogP contribution in [0.15, 0.2) is 370 Å². The van der Waals surface area contributed by atoms with E-state index in [-0.39, 0.29) is 82.7 Å². The quantitative estimate of drug-likeness (QED) is 0.0912. The van der Waals surface area contributed by atoms with E-state index < -0.39 is 81.5 Å². The molecule has 2 aromatic heterocycles. The molecule has 0 N–H and O–H groups in total. The zero-order valence-electron chi connectivity index (χ0n) is 81.6. The fourth-order valence-corrected chi connectivity index (χ4v) is 15.7. The molecule has 0 radical (unpaired) electrons. The molecule has 0 aliphatic rings. The van der Waals surface area contributed by atoms with Gasteiger partial charge in [0.1, 0.15) is 0 Å². The van der Waals surface area contributed by atoms with Gasteiger partial charge < -0.3 is 9.13 Å². The van der Waals surface area contributed by atoms with Crippen LogP contribution in [0.3, 0.4) is 0 Å². The van der Waals surface area contributed by atoms with E-state index in [1.807, 2.05) is 115 Å². The van der Waals surface area contributed by atoms with Crippen LogP contribution >= 0.6 is 0 Å². The van der Waals surface area contributed by atoms with Crippen molar-refractivity contribution < 1.29 is 26.0 Å². The highest BCUT2D eigenvalue weighted by molar-refractivity contribution is 6.13. The van der Waals surface area contributed by atoms with Gasteiger partial charge >= 0.3 is 0 Å². The van der Waals surface area contributed by atoms with E-state index in [9.17, 15) is 0 Å². The summed E-state index contributed by atoms with van der Waals surface area (Å²) in [6, 6.07) is 79.8. The molecule has 0 bridgehead atoms. The van der Waals surface area contributed by atoms with Crippen LogP contribution in [0.2, 0.25) is 0 Å². The van der Waals surface area contributed by atoms with Crippen molar-refractivity contribution in [2.45, 2.75) is 103 Å². The second-order valence-corrected chi connectivity index (χ2v) is 30.7. The molecule has 0 saturated carbocycles. The van der Waals surface area contributed by atoms with Crippen molar-refractivity contribution >= 4 is 43.6 Å². The van der Waals surface area contributed by atoms with E-state index in [2.05, 4.69) is 206 Å². The van der Waals surface area contributed by atoms with Gasteiger partial charge in [-0.2, -0.15) is 0 Å². The van der Waals surface area contributed by atoms with E-state index in [4.69, 9.17) is 26.0 Å². The molecule has 2 heteroatoms. The summed E-state index contributed by atoms with van der Waals surface area (Å²) in [4.78, 5) is 0. The van der Waals surface area contributed by atoms with Crippen LogP contribution in [0.1, 0.15) is 156 Å². The van der Waals surface area contributed by atoms with Crippen molar-refractivity contribution in [1.82, 2.24) is 9.13 Å². The van der Waals surface area contributed by atoms with Gasteiger partial charge in [-0.1, -0.05) is 384 Å². The van der Waals surface area contributed by atoms with Gasteiger partial charge in [0, 0.05) is 54.3 Å². The molecule has 0 aliphatic heterocycles. The van der Waals surface area contributed by atoms with Gasteiger partial charge in [0.05, 0.1) is 53.8 Å². The summed E-state index contributed by atoms with van der Waals surface area (Å²) in [6.07, 6.45) is 0. The third-order valence-corrected chi connectivity index (χ3v) is 22.4. The first-order valence-corrected chi connectivity index (χ1v) is 36.7. The summed E-state index contributed by atoms with van der Waals surface area (Å²) in [5.41, 5.74) is 16.3. The first-order chi connectivity index (χ1) is 60.1. The van der Waals surface area contributed by atoms with Crippen LogP contribution in [0.25, 0.3) is 99.5 Å². The van der Waals surface area contributed by atoms with Crippen molar-refractivity contribution in [3.8, 4) is 55.9 Å². The second-order valence-electron chi connectivity index (χ2n) is 30.7. The monoisotopic (exact) mass is 1410 g/mol. The third-order valence-electron chi connectivity index (χ3n) is 22.4. The lowest BCUT2D eigenvalue weighted by atomic mass is 9.68. The molecule has 0 spiro atoms. The van der Waals surface area contributed by atoms with Crippen molar-refractivity contribution in [2.24, 2.45) is 0 Å². The molecule has 0 fully saturated rings. The molecule has 17 aromatic rings. The maximum absolute atomic E-state index is 9.14. The topological polar surface area (TPSA) is 9.86 Å². The fraction of sp³-hybridized carbons (Fsp3) is 0.151. The third kappa shape index (κ3) is 13.0. The molecule has 0 aliphatic carbocycles. The Labute approximate surface area is 665 Å². The van der Waals surface area contributed by atoms with Crippen LogP contribution in [0.5, 0.6) is 0 Å². The maximum Gasteiger partial charge on any atom is 0.0632 e. The Bertz CT molecular complexity index is 6810. The Morgan fingerprint density at radius 2 is 0.509 bits per heavy atom. The van der Waals surface area contributed by atoms with Crippen molar-refractivity contribution in [3.63, 3.8) is 0 Å². The number of aromatic nitrogens is 2. The smallest absolute Gasteiger partial charge is 0.0632 e.